The summed E-state index contributed by atoms with van der Waals surface area (Å²) in [6.45, 7) is 2.33. The maximum Gasteiger partial charge on any atom is 0.254 e. The van der Waals surface area contributed by atoms with E-state index in [1.165, 1.54) is 25.1 Å². The molecule has 29 heavy (non-hydrogen) atoms. The van der Waals surface area contributed by atoms with Crippen molar-refractivity contribution >= 4 is 29.1 Å². The van der Waals surface area contributed by atoms with Crippen LogP contribution >= 0.6 is 11.6 Å². The monoisotopic (exact) mass is 420 g/mol. The molecule has 2 amide bonds. The van der Waals surface area contributed by atoms with Gasteiger partial charge < -0.3 is 24.4 Å². The molecule has 0 aliphatic heterocycles. The number of carbonyl (C=O) groups is 2. The Labute approximate surface area is 175 Å². The van der Waals surface area contributed by atoms with Crippen molar-refractivity contribution in [3.05, 3.63) is 47.0 Å². The summed E-state index contributed by atoms with van der Waals surface area (Å²) in [4.78, 5) is 26.3. The van der Waals surface area contributed by atoms with Gasteiger partial charge in [0.15, 0.2) is 11.5 Å². The normalized spacial score (nSPS) is 10.2. The fourth-order valence-corrected chi connectivity index (χ4v) is 2.84. The Morgan fingerprint density at radius 1 is 1.10 bits per heavy atom. The molecule has 2 rings (SSSR count). The molecule has 156 valence electrons. The van der Waals surface area contributed by atoms with E-state index in [1.807, 2.05) is 6.92 Å². The van der Waals surface area contributed by atoms with Gasteiger partial charge in [0, 0.05) is 18.3 Å². The second-order valence-corrected chi connectivity index (χ2v) is 6.68. The van der Waals surface area contributed by atoms with Crippen molar-refractivity contribution in [2.45, 2.75) is 13.3 Å². The van der Waals surface area contributed by atoms with Gasteiger partial charge in [-0.05, 0) is 42.8 Å². The molecule has 2 aromatic carbocycles. The molecule has 2 aromatic rings. The highest BCUT2D eigenvalue weighted by molar-refractivity contribution is 6.32. The molecule has 0 fully saturated rings. The Bertz CT molecular complexity index is 855. The molecule has 0 aromatic heterocycles. The molecule has 0 radical (unpaired) electrons. The zero-order valence-corrected chi connectivity index (χ0v) is 17.7. The number of ether oxygens (including phenoxy) is 3. The predicted molar refractivity (Wildman–Crippen MR) is 112 cm³/mol. The van der Waals surface area contributed by atoms with E-state index in [-0.39, 0.29) is 23.4 Å². The van der Waals surface area contributed by atoms with E-state index in [1.54, 1.807) is 37.4 Å². The standard InChI is InChI=1S/C21H25ClN2O5/c1-5-10-29-20-17(22)11-14(12-18(20)28-4)21(26)24(2)13-19(25)23-15-6-8-16(27-3)9-7-15/h6-9,11-12H,5,10,13H2,1-4H3,(H,23,25). The van der Waals surface area contributed by atoms with Crippen LogP contribution in [0.15, 0.2) is 36.4 Å². The molecule has 7 nitrogen and oxygen atoms in total. The van der Waals surface area contributed by atoms with Gasteiger partial charge in [0.25, 0.3) is 5.91 Å². The third kappa shape index (κ3) is 6.02. The average Bonchev–Trinajstić information content (AvgIpc) is 2.72. The Morgan fingerprint density at radius 2 is 1.79 bits per heavy atom. The molecule has 0 spiro atoms. The molecule has 1 N–H and O–H groups in total. The zero-order chi connectivity index (χ0) is 21.4. The number of halogens is 1. The SMILES string of the molecule is CCCOc1c(Cl)cc(C(=O)N(C)CC(=O)Nc2ccc(OC)cc2)cc1OC. The van der Waals surface area contributed by atoms with Gasteiger partial charge in [-0.1, -0.05) is 18.5 Å². The Hall–Kier alpha value is -2.93. The largest absolute Gasteiger partial charge is 0.497 e. The summed E-state index contributed by atoms with van der Waals surface area (Å²) in [6.07, 6.45) is 0.812. The topological polar surface area (TPSA) is 77.1 Å². The number of nitrogens with one attached hydrogen (secondary N) is 1. The van der Waals surface area contributed by atoms with Crippen LogP contribution in [0.1, 0.15) is 23.7 Å². The van der Waals surface area contributed by atoms with Crippen LogP contribution in [0.3, 0.4) is 0 Å². The number of hydrogen-bond donors (Lipinski definition) is 1. The molecule has 0 saturated heterocycles. The second kappa shape index (κ2) is 10.6. The fourth-order valence-electron chi connectivity index (χ4n) is 2.57. The first-order valence-corrected chi connectivity index (χ1v) is 9.47. The number of likely N-dealkylation sites (N-methyl/N-ethyl adjacent to an activating group) is 1. The van der Waals surface area contributed by atoms with E-state index >= 15 is 0 Å². The van der Waals surface area contributed by atoms with Crippen molar-refractivity contribution in [1.29, 1.82) is 0 Å². The lowest BCUT2D eigenvalue weighted by molar-refractivity contribution is -0.116. The molecular formula is C21H25ClN2O5. The molecule has 0 bridgehead atoms. The van der Waals surface area contributed by atoms with E-state index in [4.69, 9.17) is 25.8 Å². The molecule has 0 unspecified atom stereocenters. The van der Waals surface area contributed by atoms with Crippen LogP contribution in [-0.2, 0) is 4.79 Å². The van der Waals surface area contributed by atoms with Gasteiger partial charge in [-0.3, -0.25) is 9.59 Å². The number of nitrogens with zero attached hydrogens (tertiary/aromatic N) is 1. The molecule has 0 aliphatic carbocycles. The zero-order valence-electron chi connectivity index (χ0n) is 17.0. The number of benzene rings is 2. The number of anilines is 1. The third-order valence-corrected chi connectivity index (χ3v) is 4.31. The minimum Gasteiger partial charge on any atom is -0.497 e. The highest BCUT2D eigenvalue weighted by Gasteiger charge is 2.20. The van der Waals surface area contributed by atoms with Crippen molar-refractivity contribution in [2.24, 2.45) is 0 Å². The van der Waals surface area contributed by atoms with Crippen LogP contribution in [-0.4, -0.2) is 51.1 Å². The van der Waals surface area contributed by atoms with Crippen molar-refractivity contribution in [3.8, 4) is 17.2 Å². The molecule has 0 atom stereocenters. The van der Waals surface area contributed by atoms with Gasteiger partial charge >= 0.3 is 0 Å². The van der Waals surface area contributed by atoms with Gasteiger partial charge in [0.05, 0.1) is 32.4 Å². The molecular weight excluding hydrogens is 396 g/mol. The highest BCUT2D eigenvalue weighted by Crippen LogP contribution is 2.36. The number of carbonyl (C=O) groups excluding carboxylic acids is 2. The van der Waals surface area contributed by atoms with Crippen molar-refractivity contribution in [2.75, 3.05) is 39.7 Å². The van der Waals surface area contributed by atoms with Gasteiger partial charge in [0.1, 0.15) is 5.75 Å². The van der Waals surface area contributed by atoms with Crippen LogP contribution < -0.4 is 19.5 Å². The van der Waals surface area contributed by atoms with Gasteiger partial charge in [-0.2, -0.15) is 0 Å². The van der Waals surface area contributed by atoms with Crippen molar-refractivity contribution in [1.82, 2.24) is 4.90 Å². The van der Waals surface area contributed by atoms with Gasteiger partial charge in [0.2, 0.25) is 5.91 Å². The molecule has 0 saturated carbocycles. The summed E-state index contributed by atoms with van der Waals surface area (Å²) in [5.74, 6) is 0.759. The summed E-state index contributed by atoms with van der Waals surface area (Å²) >= 11 is 6.27. The second-order valence-electron chi connectivity index (χ2n) is 6.28. The summed E-state index contributed by atoms with van der Waals surface area (Å²) in [5, 5.41) is 3.01. The van der Waals surface area contributed by atoms with E-state index in [0.29, 0.717) is 35.1 Å². The van der Waals surface area contributed by atoms with Crippen LogP contribution in [0, 0.1) is 0 Å². The maximum atomic E-state index is 12.7. The lowest BCUT2D eigenvalue weighted by atomic mass is 10.1. The van der Waals surface area contributed by atoms with Gasteiger partial charge in [-0.25, -0.2) is 0 Å². The first-order chi connectivity index (χ1) is 13.9. The number of amides is 2. The first kappa shape index (κ1) is 22.4. The first-order valence-electron chi connectivity index (χ1n) is 9.09. The Kier molecular flexibility index (Phi) is 8.15. The summed E-state index contributed by atoms with van der Waals surface area (Å²) in [7, 11) is 4.58. The lowest BCUT2D eigenvalue weighted by Gasteiger charge is -2.19. The van der Waals surface area contributed by atoms with Crippen LogP contribution in [0.4, 0.5) is 5.69 Å². The minimum atomic E-state index is -0.364. The molecule has 0 heterocycles. The Balaban J connectivity index is 2.06. The molecule has 8 heteroatoms. The number of methoxy groups -OCH3 is 2. The Morgan fingerprint density at radius 3 is 2.38 bits per heavy atom. The van der Waals surface area contributed by atoms with Crippen molar-refractivity contribution < 1.29 is 23.8 Å². The van der Waals surface area contributed by atoms with E-state index < -0.39 is 0 Å². The van der Waals surface area contributed by atoms with Crippen molar-refractivity contribution in [3.63, 3.8) is 0 Å². The summed E-state index contributed by atoms with van der Waals surface area (Å²) in [5.41, 5.74) is 0.911. The number of hydrogen-bond acceptors (Lipinski definition) is 5. The fraction of sp³-hybridized carbons (Fsp3) is 0.333. The third-order valence-electron chi connectivity index (χ3n) is 4.03. The summed E-state index contributed by atoms with van der Waals surface area (Å²) < 4.78 is 16.0. The van der Waals surface area contributed by atoms with E-state index in [2.05, 4.69) is 5.32 Å². The summed E-state index contributed by atoms with van der Waals surface area (Å²) in [6, 6.07) is 9.98. The van der Waals surface area contributed by atoms with Gasteiger partial charge in [-0.15, -0.1) is 0 Å². The predicted octanol–water partition coefficient (Wildman–Crippen LogP) is 3.86. The number of rotatable bonds is 9. The molecule has 0 aliphatic rings. The smallest absolute Gasteiger partial charge is 0.254 e. The van der Waals surface area contributed by atoms with Crippen LogP contribution in [0.5, 0.6) is 17.2 Å². The van der Waals surface area contributed by atoms with Crippen LogP contribution in [0.25, 0.3) is 0 Å². The van der Waals surface area contributed by atoms with E-state index in [9.17, 15) is 9.59 Å². The van der Waals surface area contributed by atoms with E-state index in [0.717, 1.165) is 6.42 Å². The lowest BCUT2D eigenvalue weighted by Crippen LogP contribution is -2.35. The quantitative estimate of drug-likeness (QED) is 0.666. The van der Waals surface area contributed by atoms with Crippen LogP contribution in [0.2, 0.25) is 5.02 Å². The minimum absolute atomic E-state index is 0.126. The highest BCUT2D eigenvalue weighted by atomic mass is 35.5. The average molecular weight is 421 g/mol. The maximum absolute atomic E-state index is 12.7.